The van der Waals surface area contributed by atoms with Gasteiger partial charge in [-0.05, 0) is 24.1 Å². The second-order valence-electron chi connectivity index (χ2n) is 4.25. The molecule has 0 spiro atoms. The van der Waals surface area contributed by atoms with Crippen molar-refractivity contribution < 1.29 is 14.6 Å². The van der Waals surface area contributed by atoms with Crippen molar-refractivity contribution in [3.05, 3.63) is 29.8 Å². The summed E-state index contributed by atoms with van der Waals surface area (Å²) in [5, 5.41) is 19.6. The van der Waals surface area contributed by atoms with Gasteiger partial charge in [-0.3, -0.25) is 0 Å². The Morgan fingerprint density at radius 1 is 1.59 bits per heavy atom. The minimum atomic E-state index is -0.843. The van der Waals surface area contributed by atoms with Crippen molar-refractivity contribution in [3.63, 3.8) is 0 Å². The fraction of sp³-hybridized carbons (Fsp3) is 0.462. The summed E-state index contributed by atoms with van der Waals surface area (Å²) in [7, 11) is 1.57. The van der Waals surface area contributed by atoms with E-state index < -0.39 is 11.5 Å². The third kappa shape index (κ3) is 2.12. The average molecular weight is 233 g/mol. The molecule has 90 valence electrons. The average Bonchev–Trinajstić information content (AvgIpc) is 2.88. The first kappa shape index (κ1) is 11.9. The Bertz CT molecular complexity index is 433. The first-order chi connectivity index (χ1) is 8.22. The Hall–Kier alpha value is -1.57. The summed E-state index contributed by atoms with van der Waals surface area (Å²) in [6, 6.07) is 9.36. The Morgan fingerprint density at radius 3 is 3.00 bits per heavy atom. The van der Waals surface area contributed by atoms with Crippen LogP contribution in [0.5, 0.6) is 5.75 Å². The summed E-state index contributed by atoms with van der Waals surface area (Å²) in [4.78, 5) is 0. The maximum atomic E-state index is 10.3. The van der Waals surface area contributed by atoms with E-state index >= 15 is 0 Å². The molecule has 17 heavy (non-hydrogen) atoms. The van der Waals surface area contributed by atoms with Gasteiger partial charge in [0.15, 0.2) is 0 Å². The van der Waals surface area contributed by atoms with Crippen LogP contribution in [0.2, 0.25) is 0 Å². The Kier molecular flexibility index (Phi) is 3.32. The molecule has 1 saturated heterocycles. The van der Waals surface area contributed by atoms with Gasteiger partial charge in [-0.15, -0.1) is 0 Å². The minimum Gasteiger partial charge on any atom is -0.497 e. The quantitative estimate of drug-likeness (QED) is 0.862. The first-order valence-corrected chi connectivity index (χ1v) is 5.53. The van der Waals surface area contributed by atoms with E-state index in [-0.39, 0.29) is 6.61 Å². The van der Waals surface area contributed by atoms with Gasteiger partial charge in [0.05, 0.1) is 19.8 Å². The van der Waals surface area contributed by atoms with Crippen LogP contribution in [0.1, 0.15) is 18.1 Å². The van der Waals surface area contributed by atoms with Crippen LogP contribution in [-0.2, 0) is 4.74 Å². The first-order valence-electron chi connectivity index (χ1n) is 5.53. The van der Waals surface area contributed by atoms with Crippen LogP contribution in [0, 0.1) is 16.7 Å². The number of hydrogen-bond acceptors (Lipinski definition) is 4. The van der Waals surface area contributed by atoms with Crippen molar-refractivity contribution in [2.24, 2.45) is 5.41 Å². The summed E-state index contributed by atoms with van der Waals surface area (Å²) in [5.41, 5.74) is -0.136. The van der Waals surface area contributed by atoms with Crippen molar-refractivity contribution in [1.29, 1.82) is 5.26 Å². The predicted molar refractivity (Wildman–Crippen MR) is 61.4 cm³/mol. The zero-order chi connectivity index (χ0) is 12.3. The fourth-order valence-electron chi connectivity index (χ4n) is 2.08. The van der Waals surface area contributed by atoms with Gasteiger partial charge in [0.2, 0.25) is 0 Å². The van der Waals surface area contributed by atoms with Crippen LogP contribution in [0.25, 0.3) is 0 Å². The van der Waals surface area contributed by atoms with Crippen molar-refractivity contribution in [1.82, 2.24) is 0 Å². The maximum Gasteiger partial charge on any atom is 0.119 e. The molecule has 2 atom stereocenters. The SMILES string of the molecule is COc1cccc(C(O)C2(C#N)CCOC2)c1. The highest BCUT2D eigenvalue weighted by Gasteiger charge is 2.43. The number of rotatable bonds is 3. The van der Waals surface area contributed by atoms with Crippen molar-refractivity contribution in [3.8, 4) is 11.8 Å². The molecule has 1 aliphatic rings. The molecule has 1 fully saturated rings. The van der Waals surface area contributed by atoms with Gasteiger partial charge in [-0.25, -0.2) is 0 Å². The summed E-state index contributed by atoms with van der Waals surface area (Å²) < 4.78 is 10.3. The Labute approximate surface area is 100 Å². The van der Waals surface area contributed by atoms with Crippen LogP contribution in [0.3, 0.4) is 0 Å². The molecule has 2 unspecified atom stereocenters. The van der Waals surface area contributed by atoms with Gasteiger partial charge in [0, 0.05) is 6.61 Å². The second kappa shape index (κ2) is 4.74. The number of ether oxygens (including phenoxy) is 2. The number of aliphatic hydroxyl groups excluding tert-OH is 1. The molecule has 0 bridgehead atoms. The van der Waals surface area contributed by atoms with Crippen LogP contribution < -0.4 is 4.74 Å². The Morgan fingerprint density at radius 2 is 2.41 bits per heavy atom. The van der Waals surface area contributed by atoms with Gasteiger partial charge >= 0.3 is 0 Å². The van der Waals surface area contributed by atoms with Gasteiger partial charge in [-0.2, -0.15) is 5.26 Å². The molecule has 0 amide bonds. The number of benzene rings is 1. The second-order valence-corrected chi connectivity index (χ2v) is 4.25. The van der Waals surface area contributed by atoms with E-state index in [1.807, 2.05) is 0 Å². The normalized spacial score (nSPS) is 25.2. The van der Waals surface area contributed by atoms with Crippen LogP contribution >= 0.6 is 0 Å². The molecule has 2 rings (SSSR count). The highest BCUT2D eigenvalue weighted by Crippen LogP contribution is 2.41. The van der Waals surface area contributed by atoms with Crippen molar-refractivity contribution >= 4 is 0 Å². The summed E-state index contributed by atoms with van der Waals surface area (Å²) in [6.07, 6.45) is -0.285. The van der Waals surface area contributed by atoms with E-state index in [0.717, 1.165) is 0 Å². The summed E-state index contributed by atoms with van der Waals surface area (Å²) >= 11 is 0. The molecule has 0 radical (unpaired) electrons. The molecule has 0 saturated carbocycles. The highest BCUT2D eigenvalue weighted by atomic mass is 16.5. The van der Waals surface area contributed by atoms with Crippen molar-refractivity contribution in [2.75, 3.05) is 20.3 Å². The van der Waals surface area contributed by atoms with Gasteiger partial charge in [-0.1, -0.05) is 12.1 Å². The lowest BCUT2D eigenvalue weighted by Gasteiger charge is -2.25. The van der Waals surface area contributed by atoms with Crippen LogP contribution in [0.4, 0.5) is 0 Å². The van der Waals surface area contributed by atoms with E-state index in [9.17, 15) is 10.4 Å². The molecule has 1 aromatic carbocycles. The van der Waals surface area contributed by atoms with E-state index in [0.29, 0.717) is 24.3 Å². The van der Waals surface area contributed by atoms with E-state index in [4.69, 9.17) is 9.47 Å². The van der Waals surface area contributed by atoms with Crippen LogP contribution in [-0.4, -0.2) is 25.4 Å². The molecular formula is C13H15NO3. The zero-order valence-corrected chi connectivity index (χ0v) is 9.72. The molecule has 4 nitrogen and oxygen atoms in total. The molecule has 0 aliphatic carbocycles. The minimum absolute atomic E-state index is 0.280. The number of methoxy groups -OCH3 is 1. The summed E-state index contributed by atoms with van der Waals surface area (Å²) in [6.45, 7) is 0.802. The Balaban J connectivity index is 2.29. The van der Waals surface area contributed by atoms with Gasteiger partial charge in [0.1, 0.15) is 17.3 Å². The smallest absolute Gasteiger partial charge is 0.119 e. The molecule has 1 aromatic rings. The van der Waals surface area contributed by atoms with Crippen molar-refractivity contribution in [2.45, 2.75) is 12.5 Å². The molecule has 0 aromatic heterocycles. The van der Waals surface area contributed by atoms with E-state index in [1.54, 1.807) is 31.4 Å². The third-order valence-electron chi connectivity index (χ3n) is 3.21. The molecule has 4 heteroatoms. The molecule has 1 aliphatic heterocycles. The lowest BCUT2D eigenvalue weighted by Crippen LogP contribution is -2.27. The summed E-state index contributed by atoms with van der Waals surface area (Å²) in [5.74, 6) is 0.675. The fourth-order valence-corrected chi connectivity index (χ4v) is 2.08. The maximum absolute atomic E-state index is 10.3. The van der Waals surface area contributed by atoms with Gasteiger partial charge in [0.25, 0.3) is 0 Å². The lowest BCUT2D eigenvalue weighted by molar-refractivity contribution is 0.0502. The third-order valence-corrected chi connectivity index (χ3v) is 3.21. The predicted octanol–water partition coefficient (Wildman–Crippen LogP) is 1.66. The highest BCUT2D eigenvalue weighted by molar-refractivity contribution is 5.32. The topological polar surface area (TPSA) is 62.5 Å². The molecular weight excluding hydrogens is 218 g/mol. The number of nitrogens with zero attached hydrogens (tertiary/aromatic N) is 1. The molecule has 1 heterocycles. The largest absolute Gasteiger partial charge is 0.497 e. The monoisotopic (exact) mass is 233 g/mol. The number of hydrogen-bond donors (Lipinski definition) is 1. The van der Waals surface area contributed by atoms with Crippen LogP contribution in [0.15, 0.2) is 24.3 Å². The van der Waals surface area contributed by atoms with Gasteiger partial charge < -0.3 is 14.6 Å². The lowest BCUT2D eigenvalue weighted by atomic mass is 9.79. The molecule has 1 N–H and O–H groups in total. The van der Waals surface area contributed by atoms with E-state index in [2.05, 4.69) is 6.07 Å². The zero-order valence-electron chi connectivity index (χ0n) is 9.72. The number of nitriles is 1. The van der Waals surface area contributed by atoms with E-state index in [1.165, 1.54) is 0 Å². The number of aliphatic hydroxyl groups is 1. The standard InChI is InChI=1S/C13H15NO3/c1-16-11-4-2-3-10(7-11)12(15)13(8-14)5-6-17-9-13/h2-4,7,12,15H,5-6,9H2,1H3.